The van der Waals surface area contributed by atoms with Crippen molar-refractivity contribution in [3.8, 4) is 5.82 Å². The third-order valence-corrected chi connectivity index (χ3v) is 1.87. The van der Waals surface area contributed by atoms with E-state index in [9.17, 15) is 4.39 Å². The quantitative estimate of drug-likeness (QED) is 0.836. The number of hydrogen-bond donors (Lipinski definition) is 1. The van der Waals surface area contributed by atoms with Gasteiger partial charge >= 0.3 is 0 Å². The van der Waals surface area contributed by atoms with Crippen LogP contribution < -0.4 is 0 Å². The second-order valence-corrected chi connectivity index (χ2v) is 3.02. The third-order valence-electron chi connectivity index (χ3n) is 1.87. The summed E-state index contributed by atoms with van der Waals surface area (Å²) in [5.74, 6) is -0.0385. The predicted octanol–water partition coefficient (Wildman–Crippen LogP) is 0.965. The SMILES string of the molecule is OC/C(F)=C/c1cn(-c2cnccn2)cn1. The van der Waals surface area contributed by atoms with Gasteiger partial charge < -0.3 is 5.11 Å². The minimum atomic E-state index is -0.635. The van der Waals surface area contributed by atoms with Crippen molar-refractivity contribution >= 4 is 6.08 Å². The van der Waals surface area contributed by atoms with E-state index in [4.69, 9.17) is 5.11 Å². The van der Waals surface area contributed by atoms with Crippen LogP contribution in [0.2, 0.25) is 0 Å². The summed E-state index contributed by atoms with van der Waals surface area (Å²) in [5.41, 5.74) is 0.414. The molecule has 0 amide bonds. The lowest BCUT2D eigenvalue weighted by molar-refractivity contribution is 0.300. The molecule has 2 rings (SSSR count). The van der Waals surface area contributed by atoms with Gasteiger partial charge in [-0.1, -0.05) is 0 Å². The maximum absolute atomic E-state index is 12.8. The molecule has 0 bridgehead atoms. The maximum atomic E-state index is 12.8. The molecule has 16 heavy (non-hydrogen) atoms. The molecule has 0 spiro atoms. The summed E-state index contributed by atoms with van der Waals surface area (Å²) < 4.78 is 14.4. The Morgan fingerprint density at radius 2 is 2.31 bits per heavy atom. The Kier molecular flexibility index (Phi) is 3.02. The fourth-order valence-electron chi connectivity index (χ4n) is 1.17. The molecule has 1 N–H and O–H groups in total. The highest BCUT2D eigenvalue weighted by Crippen LogP contribution is 2.08. The topological polar surface area (TPSA) is 63.8 Å². The summed E-state index contributed by atoms with van der Waals surface area (Å²) >= 11 is 0. The number of aliphatic hydroxyl groups is 1. The number of hydrogen-bond acceptors (Lipinski definition) is 4. The molecule has 0 unspecified atom stereocenters. The summed E-state index contributed by atoms with van der Waals surface area (Å²) in [6.45, 7) is -0.627. The third kappa shape index (κ3) is 2.29. The summed E-state index contributed by atoms with van der Waals surface area (Å²) in [6, 6.07) is 0. The molecule has 2 heterocycles. The first-order valence-electron chi connectivity index (χ1n) is 4.57. The van der Waals surface area contributed by atoms with Crippen LogP contribution >= 0.6 is 0 Å². The Hall–Kier alpha value is -2.08. The van der Waals surface area contributed by atoms with Gasteiger partial charge in [-0.2, -0.15) is 0 Å². The van der Waals surface area contributed by atoms with Gasteiger partial charge in [0.15, 0.2) is 5.82 Å². The average molecular weight is 220 g/mol. The summed E-state index contributed by atoms with van der Waals surface area (Å²) in [6.07, 6.45) is 8.94. The molecule has 5 nitrogen and oxygen atoms in total. The van der Waals surface area contributed by atoms with Gasteiger partial charge in [0.25, 0.3) is 0 Å². The molecule has 0 radical (unpaired) electrons. The zero-order chi connectivity index (χ0) is 11.4. The molecule has 0 fully saturated rings. The number of rotatable bonds is 3. The van der Waals surface area contributed by atoms with Crippen molar-refractivity contribution in [2.24, 2.45) is 0 Å². The van der Waals surface area contributed by atoms with Crippen LogP contribution in [0.5, 0.6) is 0 Å². The van der Waals surface area contributed by atoms with Gasteiger partial charge in [0, 0.05) is 18.6 Å². The van der Waals surface area contributed by atoms with Crippen LogP contribution in [0.4, 0.5) is 4.39 Å². The highest BCUT2D eigenvalue weighted by atomic mass is 19.1. The molecule has 0 aliphatic heterocycles. The highest BCUT2D eigenvalue weighted by molar-refractivity contribution is 5.46. The molecule has 6 heteroatoms. The van der Waals surface area contributed by atoms with Crippen LogP contribution in [0, 0.1) is 0 Å². The molecular formula is C10H9FN4O. The van der Waals surface area contributed by atoms with Gasteiger partial charge in [-0.15, -0.1) is 0 Å². The Balaban J connectivity index is 2.27. The van der Waals surface area contributed by atoms with Crippen molar-refractivity contribution in [2.75, 3.05) is 6.61 Å². The van der Waals surface area contributed by atoms with E-state index >= 15 is 0 Å². The molecule has 2 aromatic rings. The minimum absolute atomic E-state index is 0.414. The second-order valence-electron chi connectivity index (χ2n) is 3.02. The molecular weight excluding hydrogens is 211 g/mol. The van der Waals surface area contributed by atoms with Gasteiger partial charge in [0.1, 0.15) is 12.2 Å². The molecule has 0 aliphatic carbocycles. The summed E-state index contributed by atoms with van der Waals surface area (Å²) in [5, 5.41) is 8.52. The van der Waals surface area contributed by atoms with Crippen LogP contribution in [-0.4, -0.2) is 31.2 Å². The number of aliphatic hydroxyl groups excluding tert-OH is 1. The molecule has 0 aliphatic rings. The van der Waals surface area contributed by atoms with Gasteiger partial charge in [0.05, 0.1) is 18.5 Å². The molecule has 2 aromatic heterocycles. The van der Waals surface area contributed by atoms with E-state index in [-0.39, 0.29) is 0 Å². The Bertz CT molecular complexity index is 495. The fourth-order valence-corrected chi connectivity index (χ4v) is 1.17. The van der Waals surface area contributed by atoms with Crippen LogP contribution in [0.15, 0.2) is 36.9 Å². The van der Waals surface area contributed by atoms with E-state index in [0.717, 1.165) is 6.08 Å². The number of aromatic nitrogens is 4. The number of imidazole rings is 1. The molecule has 0 aromatic carbocycles. The highest BCUT2D eigenvalue weighted by Gasteiger charge is 2.01. The van der Waals surface area contributed by atoms with Crippen LogP contribution in [-0.2, 0) is 0 Å². The van der Waals surface area contributed by atoms with Crippen molar-refractivity contribution in [1.29, 1.82) is 0 Å². The van der Waals surface area contributed by atoms with E-state index in [1.54, 1.807) is 29.4 Å². The van der Waals surface area contributed by atoms with Crippen LogP contribution in [0.1, 0.15) is 5.69 Å². The van der Waals surface area contributed by atoms with E-state index in [1.165, 1.54) is 6.33 Å². The zero-order valence-electron chi connectivity index (χ0n) is 8.29. The first kappa shape index (κ1) is 10.4. The lowest BCUT2D eigenvalue weighted by Gasteiger charge is -1.96. The molecule has 0 atom stereocenters. The standard InChI is InChI=1S/C10H9FN4O/c11-8(6-16)3-9-5-15(7-14-9)10-4-12-1-2-13-10/h1-5,7,16H,6H2/b8-3-. The molecule has 82 valence electrons. The van der Waals surface area contributed by atoms with E-state index in [0.29, 0.717) is 11.5 Å². The van der Waals surface area contributed by atoms with Crippen molar-refractivity contribution in [1.82, 2.24) is 19.5 Å². The monoisotopic (exact) mass is 220 g/mol. The fraction of sp³-hybridized carbons (Fsp3) is 0.100. The van der Waals surface area contributed by atoms with E-state index in [1.807, 2.05) is 0 Å². The van der Waals surface area contributed by atoms with E-state index in [2.05, 4.69) is 15.0 Å². The van der Waals surface area contributed by atoms with Gasteiger partial charge in [0.2, 0.25) is 0 Å². The number of halogens is 1. The largest absolute Gasteiger partial charge is 0.389 e. The lowest BCUT2D eigenvalue weighted by atomic mass is 10.4. The predicted molar refractivity (Wildman–Crippen MR) is 55.3 cm³/mol. The van der Waals surface area contributed by atoms with Gasteiger partial charge in [-0.3, -0.25) is 9.55 Å². The Labute approximate surface area is 90.9 Å². The molecule has 0 saturated heterocycles. The van der Waals surface area contributed by atoms with Crippen molar-refractivity contribution in [3.63, 3.8) is 0 Å². The number of nitrogens with zero attached hydrogens (tertiary/aromatic N) is 4. The van der Waals surface area contributed by atoms with Crippen molar-refractivity contribution < 1.29 is 9.50 Å². The first-order chi connectivity index (χ1) is 7.79. The van der Waals surface area contributed by atoms with E-state index < -0.39 is 12.4 Å². The van der Waals surface area contributed by atoms with Gasteiger partial charge in [-0.25, -0.2) is 14.4 Å². The summed E-state index contributed by atoms with van der Waals surface area (Å²) in [4.78, 5) is 11.9. The molecule has 0 saturated carbocycles. The zero-order valence-corrected chi connectivity index (χ0v) is 8.29. The maximum Gasteiger partial charge on any atom is 0.156 e. The van der Waals surface area contributed by atoms with Gasteiger partial charge in [-0.05, 0) is 6.08 Å². The lowest BCUT2D eigenvalue weighted by Crippen LogP contribution is -1.93. The second kappa shape index (κ2) is 4.63. The van der Waals surface area contributed by atoms with Crippen molar-refractivity contribution in [2.45, 2.75) is 0 Å². The average Bonchev–Trinajstić information content (AvgIpc) is 2.78. The smallest absolute Gasteiger partial charge is 0.156 e. The summed E-state index contributed by atoms with van der Waals surface area (Å²) in [7, 11) is 0. The van der Waals surface area contributed by atoms with Crippen LogP contribution in [0.3, 0.4) is 0 Å². The van der Waals surface area contributed by atoms with Crippen molar-refractivity contribution in [3.05, 3.63) is 42.6 Å². The Morgan fingerprint density at radius 1 is 1.44 bits per heavy atom. The normalized spacial score (nSPS) is 11.8. The minimum Gasteiger partial charge on any atom is -0.389 e. The van der Waals surface area contributed by atoms with Crippen LogP contribution in [0.25, 0.3) is 11.9 Å². The first-order valence-corrected chi connectivity index (χ1v) is 4.57. The Morgan fingerprint density at radius 3 is 3.00 bits per heavy atom.